The van der Waals surface area contributed by atoms with E-state index in [1.165, 1.54) is 19.3 Å². The summed E-state index contributed by atoms with van der Waals surface area (Å²) < 4.78 is 0. The molecule has 2 bridgehead atoms. The Morgan fingerprint density at radius 3 is 2.60 bits per heavy atom. The Balaban J connectivity index is 1.94. The van der Waals surface area contributed by atoms with Gasteiger partial charge in [0.25, 0.3) is 0 Å². The van der Waals surface area contributed by atoms with E-state index < -0.39 is 5.97 Å². The number of rotatable bonds is 3. The summed E-state index contributed by atoms with van der Waals surface area (Å²) in [5.74, 6) is -0.110. The first-order valence-corrected chi connectivity index (χ1v) is 7.43. The normalized spacial score (nSPS) is 34.1. The Morgan fingerprint density at radius 2 is 2.00 bits per heavy atom. The Hall–Kier alpha value is -1.51. The van der Waals surface area contributed by atoms with Gasteiger partial charge >= 0.3 is 5.97 Å². The molecule has 108 valence electrons. The summed E-state index contributed by atoms with van der Waals surface area (Å²) in [7, 11) is 0. The topological polar surface area (TPSA) is 49.3 Å². The van der Waals surface area contributed by atoms with Gasteiger partial charge in [0.2, 0.25) is 0 Å². The van der Waals surface area contributed by atoms with Crippen LogP contribution in [0.5, 0.6) is 0 Å². The average Bonchev–Trinajstić information content (AvgIpc) is 2.86. The number of para-hydroxylation sites is 1. The number of carboxylic acids is 1. The largest absolute Gasteiger partial charge is 0.478 e. The van der Waals surface area contributed by atoms with Crippen molar-refractivity contribution in [2.75, 3.05) is 5.32 Å². The molecule has 1 aromatic rings. The monoisotopic (exact) mass is 273 g/mol. The Bertz CT molecular complexity index is 547. The van der Waals surface area contributed by atoms with Crippen molar-refractivity contribution < 1.29 is 9.90 Å². The van der Waals surface area contributed by atoms with E-state index in [1.54, 1.807) is 12.1 Å². The van der Waals surface area contributed by atoms with Gasteiger partial charge in [0.15, 0.2) is 0 Å². The van der Waals surface area contributed by atoms with E-state index >= 15 is 0 Å². The van der Waals surface area contributed by atoms with Gasteiger partial charge in [-0.1, -0.05) is 32.9 Å². The van der Waals surface area contributed by atoms with Crippen LogP contribution in [0.4, 0.5) is 5.69 Å². The number of hydrogen-bond donors (Lipinski definition) is 2. The highest BCUT2D eigenvalue weighted by Crippen LogP contribution is 2.63. The molecule has 0 aliphatic heterocycles. The van der Waals surface area contributed by atoms with Crippen molar-refractivity contribution in [3.63, 3.8) is 0 Å². The highest BCUT2D eigenvalue weighted by Gasteiger charge is 2.59. The molecule has 0 amide bonds. The van der Waals surface area contributed by atoms with Gasteiger partial charge in [-0.25, -0.2) is 4.79 Å². The summed E-state index contributed by atoms with van der Waals surface area (Å²) in [6.45, 7) is 7.00. The second-order valence-electron chi connectivity index (χ2n) is 7.34. The number of benzene rings is 1. The molecular weight excluding hydrogens is 250 g/mol. The number of aromatic carboxylic acids is 1. The molecule has 3 rings (SSSR count). The van der Waals surface area contributed by atoms with E-state index in [-0.39, 0.29) is 5.41 Å². The quantitative estimate of drug-likeness (QED) is 0.874. The zero-order valence-corrected chi connectivity index (χ0v) is 12.4. The smallest absolute Gasteiger partial charge is 0.337 e. The van der Waals surface area contributed by atoms with E-state index in [0.717, 1.165) is 11.6 Å². The first-order valence-electron chi connectivity index (χ1n) is 7.43. The standard InChI is InChI=1S/C17H23NO2/c1-16(2)11-8-9-17(3,10-11)15(16)18-13-7-5-4-6-12(13)14(19)20/h4-7,11,15,18H,8-10H2,1-3H3,(H,19,20)/t11-,15?,17+/m0/s1. The second-order valence-corrected chi connectivity index (χ2v) is 7.34. The van der Waals surface area contributed by atoms with Crippen LogP contribution in [-0.4, -0.2) is 17.1 Å². The maximum atomic E-state index is 11.4. The van der Waals surface area contributed by atoms with Gasteiger partial charge in [0.1, 0.15) is 0 Å². The van der Waals surface area contributed by atoms with Crippen LogP contribution in [0.25, 0.3) is 0 Å². The number of carbonyl (C=O) groups is 1. The second kappa shape index (κ2) is 4.24. The highest BCUT2D eigenvalue weighted by molar-refractivity contribution is 5.94. The summed E-state index contributed by atoms with van der Waals surface area (Å²) in [6, 6.07) is 7.58. The van der Waals surface area contributed by atoms with Crippen LogP contribution in [0, 0.1) is 16.7 Å². The first kappa shape index (κ1) is 13.5. The van der Waals surface area contributed by atoms with Crippen molar-refractivity contribution in [1.82, 2.24) is 0 Å². The van der Waals surface area contributed by atoms with Crippen molar-refractivity contribution in [3.8, 4) is 0 Å². The summed E-state index contributed by atoms with van der Waals surface area (Å²) in [5, 5.41) is 12.9. The molecule has 0 saturated heterocycles. The molecule has 2 saturated carbocycles. The molecule has 2 fully saturated rings. The molecule has 1 aromatic carbocycles. The van der Waals surface area contributed by atoms with Crippen molar-refractivity contribution in [2.24, 2.45) is 16.7 Å². The molecule has 0 aromatic heterocycles. The summed E-state index contributed by atoms with van der Waals surface area (Å²) in [4.78, 5) is 11.4. The first-order chi connectivity index (χ1) is 9.34. The summed E-state index contributed by atoms with van der Waals surface area (Å²) in [5.41, 5.74) is 1.64. The fourth-order valence-corrected chi connectivity index (χ4v) is 4.61. The van der Waals surface area contributed by atoms with Gasteiger partial charge < -0.3 is 10.4 Å². The number of hydrogen-bond acceptors (Lipinski definition) is 2. The lowest BCUT2D eigenvalue weighted by Gasteiger charge is -2.43. The molecule has 2 aliphatic rings. The molecule has 2 aliphatic carbocycles. The van der Waals surface area contributed by atoms with Crippen LogP contribution in [0.15, 0.2) is 24.3 Å². The summed E-state index contributed by atoms with van der Waals surface area (Å²) in [6.07, 6.45) is 3.81. The van der Waals surface area contributed by atoms with E-state index in [1.807, 2.05) is 12.1 Å². The van der Waals surface area contributed by atoms with Crippen molar-refractivity contribution in [1.29, 1.82) is 0 Å². The molecule has 3 heteroatoms. The van der Waals surface area contributed by atoms with Gasteiger partial charge in [-0.2, -0.15) is 0 Å². The van der Waals surface area contributed by atoms with Gasteiger partial charge in [-0.3, -0.25) is 0 Å². The van der Waals surface area contributed by atoms with Crippen LogP contribution < -0.4 is 5.32 Å². The highest BCUT2D eigenvalue weighted by atomic mass is 16.4. The number of nitrogens with one attached hydrogen (secondary N) is 1. The third-order valence-electron chi connectivity index (χ3n) is 5.73. The van der Waals surface area contributed by atoms with E-state index in [0.29, 0.717) is 17.0 Å². The fourth-order valence-electron chi connectivity index (χ4n) is 4.61. The average molecular weight is 273 g/mol. The van der Waals surface area contributed by atoms with E-state index in [9.17, 15) is 9.90 Å². The molecule has 1 unspecified atom stereocenters. The third kappa shape index (κ3) is 1.83. The van der Waals surface area contributed by atoms with E-state index in [4.69, 9.17) is 0 Å². The van der Waals surface area contributed by atoms with Crippen LogP contribution in [0.3, 0.4) is 0 Å². The predicted molar refractivity (Wildman–Crippen MR) is 80.0 cm³/mol. The minimum Gasteiger partial charge on any atom is -0.478 e. The molecule has 20 heavy (non-hydrogen) atoms. The Kier molecular flexibility index (Phi) is 2.86. The molecular formula is C17H23NO2. The van der Waals surface area contributed by atoms with Gasteiger partial charge in [-0.15, -0.1) is 0 Å². The molecule has 2 N–H and O–H groups in total. The van der Waals surface area contributed by atoms with Crippen molar-refractivity contribution >= 4 is 11.7 Å². The minimum absolute atomic E-state index is 0.221. The number of anilines is 1. The third-order valence-corrected chi connectivity index (χ3v) is 5.73. The minimum atomic E-state index is -0.862. The molecule has 0 spiro atoms. The van der Waals surface area contributed by atoms with Crippen LogP contribution in [-0.2, 0) is 0 Å². The SMILES string of the molecule is CC1(C)C(Nc2ccccc2C(=O)O)[C@]2(C)CC[C@H]1C2. The van der Waals surface area contributed by atoms with Crippen molar-refractivity contribution in [2.45, 2.75) is 46.1 Å². The zero-order chi connectivity index (χ0) is 14.5. The maximum Gasteiger partial charge on any atom is 0.337 e. The van der Waals surface area contributed by atoms with Crippen molar-refractivity contribution in [3.05, 3.63) is 29.8 Å². The molecule has 3 nitrogen and oxygen atoms in total. The van der Waals surface area contributed by atoms with Gasteiger partial charge in [-0.05, 0) is 48.1 Å². The van der Waals surface area contributed by atoms with Gasteiger partial charge in [0, 0.05) is 11.7 Å². The number of carboxylic acid groups (broad SMARTS) is 1. The predicted octanol–water partition coefficient (Wildman–Crippen LogP) is 4.01. The lowest BCUT2D eigenvalue weighted by molar-refractivity contribution is 0.0697. The number of fused-ring (bicyclic) bond motifs is 2. The van der Waals surface area contributed by atoms with Crippen LogP contribution in [0.2, 0.25) is 0 Å². The lowest BCUT2D eigenvalue weighted by atomic mass is 9.68. The zero-order valence-electron chi connectivity index (χ0n) is 12.4. The molecule has 0 heterocycles. The van der Waals surface area contributed by atoms with Crippen LogP contribution in [0.1, 0.15) is 50.4 Å². The van der Waals surface area contributed by atoms with Gasteiger partial charge in [0.05, 0.1) is 5.56 Å². The summed E-state index contributed by atoms with van der Waals surface area (Å²) >= 11 is 0. The molecule has 0 radical (unpaired) electrons. The van der Waals surface area contributed by atoms with E-state index in [2.05, 4.69) is 26.1 Å². The fraction of sp³-hybridized carbons (Fsp3) is 0.588. The Morgan fingerprint density at radius 1 is 1.30 bits per heavy atom. The van der Waals surface area contributed by atoms with Crippen LogP contribution >= 0.6 is 0 Å². The molecule has 3 atom stereocenters. The Labute approximate surface area is 120 Å². The maximum absolute atomic E-state index is 11.4. The lowest BCUT2D eigenvalue weighted by Crippen LogP contribution is -2.46.